The van der Waals surface area contributed by atoms with Crippen LogP contribution in [-0.4, -0.2) is 8.42 Å². The predicted molar refractivity (Wildman–Crippen MR) is 86.8 cm³/mol. The monoisotopic (exact) mass is 467 g/mol. The van der Waals surface area contributed by atoms with Crippen molar-refractivity contribution in [3.05, 3.63) is 55.9 Å². The first kappa shape index (κ1) is 15.0. The van der Waals surface area contributed by atoms with Gasteiger partial charge in [-0.15, -0.1) is 0 Å². The molecule has 2 aromatic carbocycles. The van der Waals surface area contributed by atoms with Crippen molar-refractivity contribution in [2.24, 2.45) is 0 Å². The lowest BCUT2D eigenvalue weighted by Gasteiger charge is -2.11. The molecule has 0 saturated carbocycles. The summed E-state index contributed by atoms with van der Waals surface area (Å²) < 4.78 is 29.2. The van der Waals surface area contributed by atoms with Gasteiger partial charge in [-0.3, -0.25) is 4.72 Å². The van der Waals surface area contributed by atoms with Crippen LogP contribution in [0.4, 0.5) is 5.69 Å². The van der Waals surface area contributed by atoms with Crippen LogP contribution in [0.3, 0.4) is 0 Å². The van der Waals surface area contributed by atoms with Gasteiger partial charge in [-0.2, -0.15) is 0 Å². The highest BCUT2D eigenvalue weighted by atomic mass is 79.9. The van der Waals surface area contributed by atoms with Crippen LogP contribution < -0.4 is 4.72 Å². The Bertz CT molecular complexity index is 717. The van der Waals surface area contributed by atoms with Crippen LogP contribution in [-0.2, 0) is 10.0 Å². The molecule has 0 aliphatic carbocycles. The minimum absolute atomic E-state index is 0.199. The highest BCUT2D eigenvalue weighted by Crippen LogP contribution is 2.29. The average molecular weight is 470 g/mol. The Morgan fingerprint density at radius 2 is 1.58 bits per heavy atom. The fourth-order valence-corrected chi connectivity index (χ4v) is 4.80. The zero-order chi connectivity index (χ0) is 14.0. The Morgan fingerprint density at radius 3 is 2.21 bits per heavy atom. The largest absolute Gasteiger partial charge is 0.278 e. The molecule has 0 atom stereocenters. The van der Waals surface area contributed by atoms with Crippen molar-refractivity contribution in [2.45, 2.75) is 4.90 Å². The van der Waals surface area contributed by atoms with Crippen LogP contribution in [0.5, 0.6) is 0 Å². The van der Waals surface area contributed by atoms with Gasteiger partial charge in [-0.1, -0.05) is 28.1 Å². The molecule has 0 heterocycles. The summed E-state index contributed by atoms with van der Waals surface area (Å²) in [5.41, 5.74) is 0.485. The normalized spacial score (nSPS) is 11.3. The van der Waals surface area contributed by atoms with Gasteiger partial charge in [0.25, 0.3) is 10.0 Å². The smallest absolute Gasteiger partial charge is 0.263 e. The van der Waals surface area contributed by atoms with Crippen molar-refractivity contribution < 1.29 is 8.42 Å². The standard InChI is InChI=1S/C12H8Br3NO2S/c13-8-5-6-11(10(15)7-8)16-19(17,18)12-4-2-1-3-9(12)14/h1-7,16H. The van der Waals surface area contributed by atoms with E-state index in [1.165, 1.54) is 0 Å². The first-order valence-electron chi connectivity index (χ1n) is 5.12. The summed E-state index contributed by atoms with van der Waals surface area (Å²) >= 11 is 9.88. The van der Waals surface area contributed by atoms with E-state index in [1.807, 2.05) is 0 Å². The third kappa shape index (κ3) is 3.59. The van der Waals surface area contributed by atoms with E-state index in [2.05, 4.69) is 52.5 Å². The van der Waals surface area contributed by atoms with Crippen LogP contribution in [0.15, 0.2) is 60.8 Å². The Hall–Kier alpha value is -0.370. The molecule has 0 aliphatic rings. The van der Waals surface area contributed by atoms with E-state index >= 15 is 0 Å². The Morgan fingerprint density at radius 1 is 0.895 bits per heavy atom. The molecule has 0 spiro atoms. The first-order valence-corrected chi connectivity index (χ1v) is 8.99. The van der Waals surface area contributed by atoms with Crippen molar-refractivity contribution in [3.63, 3.8) is 0 Å². The first-order chi connectivity index (χ1) is 8.90. The second-order valence-electron chi connectivity index (χ2n) is 3.66. The van der Waals surface area contributed by atoms with Gasteiger partial charge in [0.1, 0.15) is 4.90 Å². The molecule has 1 N–H and O–H groups in total. The Labute approximate surface area is 136 Å². The number of hydrogen-bond donors (Lipinski definition) is 1. The molecule has 0 fully saturated rings. The van der Waals surface area contributed by atoms with Crippen LogP contribution >= 0.6 is 47.8 Å². The maximum absolute atomic E-state index is 12.3. The summed E-state index contributed by atoms with van der Waals surface area (Å²) in [4.78, 5) is 0.199. The minimum atomic E-state index is -3.62. The Balaban J connectivity index is 2.40. The van der Waals surface area contributed by atoms with E-state index in [0.29, 0.717) is 14.6 Å². The number of halogens is 3. The lowest BCUT2D eigenvalue weighted by molar-refractivity contribution is 0.600. The second-order valence-corrected chi connectivity index (χ2v) is 7.94. The second kappa shape index (κ2) is 5.95. The molecule has 0 saturated heterocycles. The number of hydrogen-bond acceptors (Lipinski definition) is 2. The quantitative estimate of drug-likeness (QED) is 0.703. The molecule has 0 amide bonds. The van der Waals surface area contributed by atoms with E-state index < -0.39 is 10.0 Å². The van der Waals surface area contributed by atoms with E-state index in [4.69, 9.17) is 0 Å². The highest BCUT2D eigenvalue weighted by molar-refractivity contribution is 9.11. The number of nitrogens with one attached hydrogen (secondary N) is 1. The molecule has 0 bridgehead atoms. The molecule has 2 aromatic rings. The van der Waals surface area contributed by atoms with Gasteiger partial charge in [-0.05, 0) is 62.2 Å². The van der Waals surface area contributed by atoms with Gasteiger partial charge in [0, 0.05) is 13.4 Å². The fraction of sp³-hybridized carbons (Fsp3) is 0. The molecule has 3 nitrogen and oxygen atoms in total. The highest BCUT2D eigenvalue weighted by Gasteiger charge is 2.18. The van der Waals surface area contributed by atoms with Crippen molar-refractivity contribution >= 4 is 63.5 Å². The molecule has 19 heavy (non-hydrogen) atoms. The number of benzene rings is 2. The fourth-order valence-electron chi connectivity index (χ4n) is 1.43. The zero-order valence-electron chi connectivity index (χ0n) is 9.40. The van der Waals surface area contributed by atoms with Crippen molar-refractivity contribution in [1.82, 2.24) is 0 Å². The van der Waals surface area contributed by atoms with E-state index in [-0.39, 0.29) is 4.90 Å². The van der Waals surface area contributed by atoms with Crippen LogP contribution in [0.2, 0.25) is 0 Å². The third-order valence-corrected chi connectivity index (χ3v) is 5.83. The number of sulfonamides is 1. The summed E-state index contributed by atoms with van der Waals surface area (Å²) in [5.74, 6) is 0. The summed E-state index contributed by atoms with van der Waals surface area (Å²) in [6, 6.07) is 11.9. The lowest BCUT2D eigenvalue weighted by Crippen LogP contribution is -2.13. The average Bonchev–Trinajstić information content (AvgIpc) is 2.33. The van der Waals surface area contributed by atoms with Crippen LogP contribution in [0.25, 0.3) is 0 Å². The van der Waals surface area contributed by atoms with Gasteiger partial charge in [0.15, 0.2) is 0 Å². The summed E-state index contributed by atoms with van der Waals surface area (Å²) in [5, 5.41) is 0. The van der Waals surface area contributed by atoms with Crippen molar-refractivity contribution in [2.75, 3.05) is 4.72 Å². The Kier molecular flexibility index (Phi) is 4.70. The summed E-state index contributed by atoms with van der Waals surface area (Å²) in [7, 11) is -3.62. The lowest BCUT2D eigenvalue weighted by atomic mass is 10.3. The summed E-state index contributed by atoms with van der Waals surface area (Å²) in [6.07, 6.45) is 0. The minimum Gasteiger partial charge on any atom is -0.278 e. The molecule has 0 aliphatic heterocycles. The molecule has 7 heteroatoms. The maximum Gasteiger partial charge on any atom is 0.263 e. The molecule has 100 valence electrons. The number of rotatable bonds is 3. The third-order valence-electron chi connectivity index (χ3n) is 2.30. The van der Waals surface area contributed by atoms with E-state index in [1.54, 1.807) is 42.5 Å². The molecular formula is C12H8Br3NO2S. The van der Waals surface area contributed by atoms with Crippen LogP contribution in [0.1, 0.15) is 0 Å². The molecule has 0 unspecified atom stereocenters. The van der Waals surface area contributed by atoms with Gasteiger partial charge in [-0.25, -0.2) is 8.42 Å². The van der Waals surface area contributed by atoms with Crippen LogP contribution in [0, 0.1) is 0 Å². The maximum atomic E-state index is 12.3. The van der Waals surface area contributed by atoms with Gasteiger partial charge < -0.3 is 0 Å². The van der Waals surface area contributed by atoms with Gasteiger partial charge >= 0.3 is 0 Å². The van der Waals surface area contributed by atoms with E-state index in [9.17, 15) is 8.42 Å². The summed E-state index contributed by atoms with van der Waals surface area (Å²) in [6.45, 7) is 0. The van der Waals surface area contributed by atoms with Crippen molar-refractivity contribution in [1.29, 1.82) is 0 Å². The topological polar surface area (TPSA) is 46.2 Å². The van der Waals surface area contributed by atoms with Crippen molar-refractivity contribution in [3.8, 4) is 0 Å². The van der Waals surface area contributed by atoms with E-state index in [0.717, 1.165) is 4.47 Å². The zero-order valence-corrected chi connectivity index (χ0v) is 15.0. The predicted octanol–water partition coefficient (Wildman–Crippen LogP) is 4.77. The van der Waals surface area contributed by atoms with Gasteiger partial charge in [0.2, 0.25) is 0 Å². The van der Waals surface area contributed by atoms with Gasteiger partial charge in [0.05, 0.1) is 5.69 Å². The molecular weight excluding hydrogens is 462 g/mol. The SMILES string of the molecule is O=S(=O)(Nc1ccc(Br)cc1Br)c1ccccc1Br. The molecule has 0 radical (unpaired) electrons. The number of anilines is 1. The molecule has 0 aromatic heterocycles. The molecule has 2 rings (SSSR count).